The first-order chi connectivity index (χ1) is 17.3. The molecule has 1 aromatic carbocycles. The number of rotatable bonds is 6. The van der Waals surface area contributed by atoms with E-state index in [-0.39, 0.29) is 29.1 Å². The van der Waals surface area contributed by atoms with Crippen LogP contribution in [0, 0.1) is 11.6 Å². The summed E-state index contributed by atoms with van der Waals surface area (Å²) in [5.41, 5.74) is 0.821. The van der Waals surface area contributed by atoms with Crippen LogP contribution in [0.1, 0.15) is 64.1 Å². The molecule has 1 N–H and O–H groups in total. The van der Waals surface area contributed by atoms with Gasteiger partial charge in [-0.25, -0.2) is 27.0 Å². The number of hydrogen-bond donors (Lipinski definition) is 1. The van der Waals surface area contributed by atoms with Crippen LogP contribution in [-0.2, 0) is 38.9 Å². The monoisotopic (exact) mass is 540 g/mol. The zero-order chi connectivity index (χ0) is 27.1. The standard InChI is InChI=1S/C25H34F2N4O5S/c1-6-31-21-13-30(12-20(21)28-23(31)37(33,34)7-2)16-11-19(29-24(32)36-25(3,4)5)22(35-14-16)17-10-15(26)8-9-18(17)27/h8-10,16,19,22H,6-7,11-14H2,1-5H3,(H,29,32)/t16-,19+,22-/m1/s1. The highest BCUT2D eigenvalue weighted by Gasteiger charge is 2.41. The lowest BCUT2D eigenvalue weighted by Crippen LogP contribution is -2.52. The maximum atomic E-state index is 14.7. The first kappa shape index (κ1) is 27.5. The molecule has 2 aromatic rings. The fourth-order valence-corrected chi connectivity index (χ4v) is 5.99. The van der Waals surface area contributed by atoms with Gasteiger partial charge in [-0.2, -0.15) is 0 Å². The molecule has 0 aliphatic carbocycles. The molecule has 0 radical (unpaired) electrons. The molecule has 9 nitrogen and oxygen atoms in total. The number of ether oxygens (including phenoxy) is 2. The number of carbonyl (C=O) groups excluding carboxylic acids is 1. The Balaban J connectivity index is 1.57. The zero-order valence-corrected chi connectivity index (χ0v) is 22.6. The molecule has 1 amide bonds. The van der Waals surface area contributed by atoms with Gasteiger partial charge in [0.05, 0.1) is 29.8 Å². The summed E-state index contributed by atoms with van der Waals surface area (Å²) in [4.78, 5) is 19.2. The largest absolute Gasteiger partial charge is 0.444 e. The predicted molar refractivity (Wildman–Crippen MR) is 131 cm³/mol. The van der Waals surface area contributed by atoms with Crippen LogP contribution in [0.3, 0.4) is 0 Å². The van der Waals surface area contributed by atoms with Crippen LogP contribution < -0.4 is 5.32 Å². The van der Waals surface area contributed by atoms with Crippen molar-refractivity contribution in [3.63, 3.8) is 0 Å². The lowest BCUT2D eigenvalue weighted by molar-refractivity contribution is -0.0631. The average Bonchev–Trinajstić information content (AvgIpc) is 3.38. The topological polar surface area (TPSA) is 103 Å². The Bertz CT molecular complexity index is 1270. The van der Waals surface area contributed by atoms with Gasteiger partial charge < -0.3 is 19.4 Å². The number of hydrogen-bond acceptors (Lipinski definition) is 7. The van der Waals surface area contributed by atoms with Crippen molar-refractivity contribution in [1.29, 1.82) is 0 Å². The summed E-state index contributed by atoms with van der Waals surface area (Å²) in [6.07, 6.45) is -1.20. The second-order valence-corrected chi connectivity index (χ2v) is 12.6. The summed E-state index contributed by atoms with van der Waals surface area (Å²) in [6, 6.07) is 2.28. The minimum absolute atomic E-state index is 0.0257. The van der Waals surface area contributed by atoms with Gasteiger partial charge in [-0.05, 0) is 52.3 Å². The van der Waals surface area contributed by atoms with Crippen LogP contribution in [0.15, 0.2) is 23.4 Å². The molecule has 2 aliphatic rings. The molecule has 0 unspecified atom stereocenters. The van der Waals surface area contributed by atoms with E-state index in [2.05, 4.69) is 15.2 Å². The number of aromatic nitrogens is 2. The molecule has 37 heavy (non-hydrogen) atoms. The third-order valence-corrected chi connectivity index (χ3v) is 8.27. The van der Waals surface area contributed by atoms with E-state index in [9.17, 15) is 22.0 Å². The van der Waals surface area contributed by atoms with Gasteiger partial charge in [0, 0.05) is 31.2 Å². The van der Waals surface area contributed by atoms with Gasteiger partial charge >= 0.3 is 6.09 Å². The number of benzene rings is 1. The summed E-state index contributed by atoms with van der Waals surface area (Å²) in [5.74, 6) is -1.26. The van der Waals surface area contributed by atoms with Gasteiger partial charge in [-0.1, -0.05) is 6.92 Å². The van der Waals surface area contributed by atoms with Gasteiger partial charge in [0.2, 0.25) is 15.0 Å². The van der Waals surface area contributed by atoms with Crippen LogP contribution in [0.4, 0.5) is 13.6 Å². The van der Waals surface area contributed by atoms with E-state index in [1.165, 1.54) is 0 Å². The minimum Gasteiger partial charge on any atom is -0.444 e. The first-order valence-corrected chi connectivity index (χ1v) is 14.1. The molecular formula is C25H34F2N4O5S. The molecule has 12 heteroatoms. The van der Waals surface area contributed by atoms with E-state index in [0.29, 0.717) is 31.7 Å². The highest BCUT2D eigenvalue weighted by Crippen LogP contribution is 2.36. The maximum absolute atomic E-state index is 14.7. The molecular weight excluding hydrogens is 506 g/mol. The number of fused-ring (bicyclic) bond motifs is 1. The Morgan fingerprint density at radius 2 is 1.97 bits per heavy atom. The zero-order valence-electron chi connectivity index (χ0n) is 21.8. The van der Waals surface area contributed by atoms with Crippen molar-refractivity contribution >= 4 is 15.9 Å². The van der Waals surface area contributed by atoms with E-state index in [1.807, 2.05) is 6.92 Å². The number of nitrogens with one attached hydrogen (secondary N) is 1. The fraction of sp³-hybridized carbons (Fsp3) is 0.600. The van der Waals surface area contributed by atoms with Gasteiger partial charge in [0.1, 0.15) is 23.3 Å². The third-order valence-electron chi connectivity index (χ3n) is 6.64. The Morgan fingerprint density at radius 3 is 2.62 bits per heavy atom. The molecule has 4 rings (SSSR count). The van der Waals surface area contributed by atoms with Crippen molar-refractivity contribution in [1.82, 2.24) is 19.8 Å². The number of alkyl carbamates (subject to hydrolysis) is 1. The van der Waals surface area contributed by atoms with Crippen molar-refractivity contribution in [2.45, 2.75) is 89.6 Å². The Kier molecular flexibility index (Phi) is 7.64. The number of halogens is 2. The first-order valence-electron chi connectivity index (χ1n) is 12.4. The number of carbonyl (C=O) groups is 1. The summed E-state index contributed by atoms with van der Waals surface area (Å²) in [5, 5.41) is 2.89. The molecule has 2 aliphatic heterocycles. The van der Waals surface area contributed by atoms with Gasteiger partial charge in [0.25, 0.3) is 0 Å². The van der Waals surface area contributed by atoms with Crippen LogP contribution >= 0.6 is 0 Å². The molecule has 0 saturated carbocycles. The van der Waals surface area contributed by atoms with Crippen molar-refractivity contribution in [3.05, 3.63) is 46.8 Å². The third kappa shape index (κ3) is 5.80. The minimum atomic E-state index is -3.46. The normalized spacial score (nSPS) is 22.6. The van der Waals surface area contributed by atoms with E-state index in [0.717, 1.165) is 23.9 Å². The molecule has 204 valence electrons. The number of nitrogens with zero attached hydrogens (tertiary/aromatic N) is 3. The lowest BCUT2D eigenvalue weighted by Gasteiger charge is -2.40. The van der Waals surface area contributed by atoms with Crippen LogP contribution in [-0.4, -0.2) is 59.0 Å². The Morgan fingerprint density at radius 1 is 1.24 bits per heavy atom. The quantitative estimate of drug-likeness (QED) is 0.596. The van der Waals surface area contributed by atoms with Crippen LogP contribution in [0.5, 0.6) is 0 Å². The van der Waals surface area contributed by atoms with E-state index in [1.54, 1.807) is 32.3 Å². The Labute approximate surface area is 216 Å². The van der Waals surface area contributed by atoms with Crippen molar-refractivity contribution in [2.75, 3.05) is 12.4 Å². The summed E-state index contributed by atoms with van der Waals surface area (Å²) < 4.78 is 66.8. The van der Waals surface area contributed by atoms with Crippen LogP contribution in [0.2, 0.25) is 0 Å². The lowest BCUT2D eigenvalue weighted by atomic mass is 9.92. The number of amides is 1. The van der Waals surface area contributed by atoms with Crippen LogP contribution in [0.25, 0.3) is 0 Å². The molecule has 3 atom stereocenters. The predicted octanol–water partition coefficient (Wildman–Crippen LogP) is 3.71. The summed E-state index contributed by atoms with van der Waals surface area (Å²) in [7, 11) is -3.46. The second-order valence-electron chi connectivity index (χ2n) is 10.4. The highest BCUT2D eigenvalue weighted by atomic mass is 32.2. The SMILES string of the molecule is CCn1c(S(=O)(=O)CC)nc2c1CN([C@H]1CO[C@H](c3cc(F)ccc3F)[C@@H](NC(=O)OC(C)(C)C)C1)C2. The van der Waals surface area contributed by atoms with E-state index >= 15 is 0 Å². The number of imidazole rings is 1. The Hall–Kier alpha value is -2.57. The van der Waals surface area contributed by atoms with Crippen molar-refractivity contribution < 1.29 is 31.5 Å². The average molecular weight is 541 g/mol. The molecule has 1 saturated heterocycles. The molecule has 0 spiro atoms. The second kappa shape index (κ2) is 10.3. The van der Waals surface area contributed by atoms with E-state index < -0.39 is 45.3 Å². The molecule has 1 fully saturated rings. The smallest absolute Gasteiger partial charge is 0.407 e. The summed E-state index contributed by atoms with van der Waals surface area (Å²) in [6.45, 7) is 10.2. The molecule has 0 bridgehead atoms. The summed E-state index contributed by atoms with van der Waals surface area (Å²) >= 11 is 0. The van der Waals surface area contributed by atoms with Crippen molar-refractivity contribution in [3.8, 4) is 0 Å². The van der Waals surface area contributed by atoms with Gasteiger partial charge in [-0.3, -0.25) is 4.90 Å². The maximum Gasteiger partial charge on any atom is 0.407 e. The highest BCUT2D eigenvalue weighted by molar-refractivity contribution is 7.91. The fourth-order valence-electron chi connectivity index (χ4n) is 4.91. The van der Waals surface area contributed by atoms with Gasteiger partial charge in [0.15, 0.2) is 0 Å². The molecule has 1 aromatic heterocycles. The molecule has 3 heterocycles. The number of sulfone groups is 1. The van der Waals surface area contributed by atoms with Crippen molar-refractivity contribution in [2.24, 2.45) is 0 Å². The van der Waals surface area contributed by atoms with Gasteiger partial charge in [-0.15, -0.1) is 0 Å². The van der Waals surface area contributed by atoms with E-state index in [4.69, 9.17) is 9.47 Å².